The zero-order valence-electron chi connectivity index (χ0n) is 6.55. The minimum atomic E-state index is -2.33. The number of carbonyl (C=O) groups is 1. The van der Waals surface area contributed by atoms with Crippen LogP contribution in [0.1, 0.15) is 13.8 Å². The van der Waals surface area contributed by atoms with Crippen LogP contribution in [0.5, 0.6) is 0 Å². The smallest absolute Gasteiger partial charge is 0.0498 e. The van der Waals surface area contributed by atoms with Gasteiger partial charge in [-0.1, -0.05) is 0 Å². The summed E-state index contributed by atoms with van der Waals surface area (Å²) < 4.78 is 0. The van der Waals surface area contributed by atoms with Gasteiger partial charge in [0.1, 0.15) is 0 Å². The quantitative estimate of drug-likeness (QED) is 0.445. The Hall–Kier alpha value is 0.130. The Balaban J connectivity index is -0.0000000750. The van der Waals surface area contributed by atoms with E-state index in [2.05, 4.69) is 13.8 Å². The Bertz CT molecular complexity index is 52.9. The Kier molecular flexibility index (Phi) is 38.1. The fourth-order valence-corrected chi connectivity index (χ4v) is 0. The summed E-state index contributed by atoms with van der Waals surface area (Å²) in [6, 6.07) is 0. The van der Waals surface area contributed by atoms with E-state index in [1.54, 1.807) is 0 Å². The molecule has 0 N–H and O–H groups in total. The second-order valence-electron chi connectivity index (χ2n) is 1.25. The van der Waals surface area contributed by atoms with Crippen LogP contribution in [0.3, 0.4) is 0 Å². The van der Waals surface area contributed by atoms with Gasteiger partial charge in [0.05, 0.1) is 0 Å². The van der Waals surface area contributed by atoms with E-state index in [-0.39, 0.29) is 0 Å². The number of hydrogen-bond acceptors (Lipinski definition) is 3. The second kappa shape index (κ2) is 22.9. The molecule has 2 unspecified atom stereocenters. The molecule has 0 aromatic carbocycles. The fourth-order valence-electron chi connectivity index (χ4n) is 0. The molecule has 0 aliphatic rings. The van der Waals surface area contributed by atoms with Crippen molar-refractivity contribution in [2.75, 3.05) is 12.3 Å². The molecule has 0 aliphatic carbocycles. The van der Waals surface area contributed by atoms with Gasteiger partial charge >= 0.3 is 0 Å². The highest BCUT2D eigenvalue weighted by molar-refractivity contribution is 7.16. The Morgan fingerprint density at radius 3 is 1.20 bits per heavy atom. The fraction of sp³-hybridized carbons (Fsp3) is 0.800. The highest BCUT2D eigenvalue weighted by Gasteiger charge is 1.43. The van der Waals surface area contributed by atoms with Crippen LogP contribution in [0.15, 0.2) is 0 Å². The first kappa shape index (κ1) is 16.6. The number of hydrogen-bond donors (Lipinski definition) is 0. The van der Waals surface area contributed by atoms with Crippen molar-refractivity contribution in [1.29, 1.82) is 0 Å². The molecule has 0 saturated heterocycles. The van der Waals surface area contributed by atoms with Crippen molar-refractivity contribution in [1.82, 2.24) is 0 Å². The van der Waals surface area contributed by atoms with Crippen LogP contribution in [0.4, 0.5) is 4.79 Å². The highest BCUT2D eigenvalue weighted by atomic mass is 31.0. The van der Waals surface area contributed by atoms with Gasteiger partial charge < -0.3 is 15.0 Å². The third-order valence-corrected chi connectivity index (χ3v) is 0. The SMILES string of the molecule is CC[PH3+].CC[PH3+].O=C([O-])[O-]. The molecular formula is C5H16O3P2. The van der Waals surface area contributed by atoms with Gasteiger partial charge in [-0.3, -0.25) is 0 Å². The molecule has 0 aromatic rings. The number of carbonyl (C=O) groups excluding carboxylic acids is 1. The number of rotatable bonds is 0. The lowest BCUT2D eigenvalue weighted by Gasteiger charge is -1.96. The molecule has 0 amide bonds. The number of carboxylic acid groups (broad SMARTS) is 2. The molecule has 0 fully saturated rings. The van der Waals surface area contributed by atoms with Crippen LogP contribution in [-0.4, -0.2) is 18.5 Å². The van der Waals surface area contributed by atoms with Gasteiger partial charge in [-0.2, -0.15) is 0 Å². The molecule has 64 valence electrons. The molecule has 0 saturated carbocycles. The predicted octanol–water partition coefficient (Wildman–Crippen LogP) is -1.22. The maximum Gasteiger partial charge on any atom is 0.0498 e. The van der Waals surface area contributed by atoms with Gasteiger partial charge in [-0.15, -0.1) is 0 Å². The third kappa shape index (κ3) is 24500. The van der Waals surface area contributed by atoms with E-state index in [4.69, 9.17) is 15.0 Å². The molecule has 0 aromatic heterocycles. The van der Waals surface area contributed by atoms with Crippen molar-refractivity contribution in [3.05, 3.63) is 0 Å². The van der Waals surface area contributed by atoms with Crippen molar-refractivity contribution in [2.24, 2.45) is 0 Å². The summed E-state index contributed by atoms with van der Waals surface area (Å²) in [5.41, 5.74) is 0. The first-order valence-electron chi connectivity index (χ1n) is 3.03. The Morgan fingerprint density at radius 1 is 1.20 bits per heavy atom. The van der Waals surface area contributed by atoms with Crippen LogP contribution in [0, 0.1) is 0 Å². The van der Waals surface area contributed by atoms with Gasteiger partial charge in [0.25, 0.3) is 0 Å². The van der Waals surface area contributed by atoms with Gasteiger partial charge in [0, 0.05) is 12.3 Å². The maximum atomic E-state index is 8.33. The van der Waals surface area contributed by atoms with E-state index in [0.717, 1.165) is 0 Å². The molecule has 0 heterocycles. The molecule has 5 heteroatoms. The minimum Gasteiger partial charge on any atom is -0.652 e. The van der Waals surface area contributed by atoms with Crippen LogP contribution in [0.25, 0.3) is 0 Å². The molecule has 0 rings (SSSR count). The lowest BCUT2D eigenvalue weighted by atomic mass is 11.0. The third-order valence-electron chi connectivity index (χ3n) is 0. The standard InChI is InChI=1S/2C2H7P.CH2O3/c2*1-2-3;2-1(3)4/h2*2-3H2,1H3;(H2,2,3,4). The largest absolute Gasteiger partial charge is 0.652 e. The van der Waals surface area contributed by atoms with E-state index in [1.807, 2.05) is 18.5 Å². The zero-order valence-corrected chi connectivity index (χ0v) is 9.38. The minimum absolute atomic E-state index is 1.28. The second-order valence-corrected chi connectivity index (χ2v) is 3.25. The molecule has 2 atom stereocenters. The van der Waals surface area contributed by atoms with E-state index < -0.39 is 6.16 Å². The molecule has 0 spiro atoms. The van der Waals surface area contributed by atoms with Crippen molar-refractivity contribution in [3.63, 3.8) is 0 Å². The predicted molar refractivity (Wildman–Crippen MR) is 48.7 cm³/mol. The zero-order chi connectivity index (χ0) is 8.99. The van der Waals surface area contributed by atoms with Crippen molar-refractivity contribution >= 4 is 24.6 Å². The lowest BCUT2D eigenvalue weighted by molar-refractivity contribution is -0.415. The summed E-state index contributed by atoms with van der Waals surface area (Å²) in [6.45, 7) is 4.27. The van der Waals surface area contributed by atoms with Gasteiger partial charge in [0.2, 0.25) is 0 Å². The van der Waals surface area contributed by atoms with Gasteiger partial charge in [0.15, 0.2) is 0 Å². The normalized spacial score (nSPS) is 6.60. The van der Waals surface area contributed by atoms with Crippen LogP contribution >= 0.6 is 18.5 Å². The summed E-state index contributed by atoms with van der Waals surface area (Å²) >= 11 is 0. The average molecular weight is 186 g/mol. The van der Waals surface area contributed by atoms with Crippen molar-refractivity contribution < 1.29 is 15.0 Å². The topological polar surface area (TPSA) is 63.2 Å². The summed E-state index contributed by atoms with van der Waals surface area (Å²) in [5, 5.41) is 16.7. The Morgan fingerprint density at radius 2 is 1.20 bits per heavy atom. The molecule has 0 aliphatic heterocycles. The molecule has 3 nitrogen and oxygen atoms in total. The summed E-state index contributed by atoms with van der Waals surface area (Å²) in [5.74, 6) is 0. The first-order chi connectivity index (χ1) is 4.56. The van der Waals surface area contributed by atoms with Crippen LogP contribution in [0.2, 0.25) is 0 Å². The van der Waals surface area contributed by atoms with E-state index in [0.29, 0.717) is 0 Å². The maximum absolute atomic E-state index is 8.33. The van der Waals surface area contributed by atoms with Crippen LogP contribution in [-0.2, 0) is 0 Å². The molecule has 10 heavy (non-hydrogen) atoms. The van der Waals surface area contributed by atoms with Gasteiger partial charge in [-0.25, -0.2) is 0 Å². The van der Waals surface area contributed by atoms with Crippen LogP contribution < -0.4 is 10.2 Å². The summed E-state index contributed by atoms with van der Waals surface area (Å²) in [4.78, 5) is 8.33. The molecule has 0 bridgehead atoms. The van der Waals surface area contributed by atoms with E-state index in [1.165, 1.54) is 12.3 Å². The lowest BCUT2D eigenvalue weighted by Crippen LogP contribution is -2.37. The van der Waals surface area contributed by atoms with Crippen molar-refractivity contribution in [2.45, 2.75) is 13.8 Å². The first-order valence-corrected chi connectivity index (χ1v) is 5.03. The summed E-state index contributed by atoms with van der Waals surface area (Å²) in [7, 11) is 3.95. The average Bonchev–Trinajstić information content (AvgIpc) is 1.65. The van der Waals surface area contributed by atoms with Gasteiger partial charge in [-0.05, 0) is 38.5 Å². The summed E-state index contributed by atoms with van der Waals surface area (Å²) in [6.07, 6.45) is 0.222. The van der Waals surface area contributed by atoms with E-state index >= 15 is 0 Å². The highest BCUT2D eigenvalue weighted by Crippen LogP contribution is 1.68. The molecular weight excluding hydrogens is 170 g/mol. The molecule has 0 radical (unpaired) electrons. The monoisotopic (exact) mass is 186 g/mol. The Labute approximate surface area is 66.6 Å². The van der Waals surface area contributed by atoms with E-state index in [9.17, 15) is 0 Å². The van der Waals surface area contributed by atoms with Crippen molar-refractivity contribution in [3.8, 4) is 0 Å².